The average molecular weight is 981 g/mol. The number of benzene rings is 3. The van der Waals surface area contributed by atoms with E-state index in [-0.39, 0.29) is 55.5 Å². The highest BCUT2D eigenvalue weighted by Crippen LogP contribution is 2.46. The Kier molecular flexibility index (Phi) is 15.2. The minimum Gasteiger partial charge on any atom is -0.391 e. The Balaban J connectivity index is 0.763. The zero-order chi connectivity index (χ0) is 50.8. The molecule has 3 aliphatic rings. The molecule has 0 bridgehead atoms. The predicted molar refractivity (Wildman–Crippen MR) is 277 cm³/mol. The Morgan fingerprint density at radius 1 is 0.986 bits per heavy atom. The van der Waals surface area contributed by atoms with Crippen molar-refractivity contribution in [3.05, 3.63) is 105 Å². The molecule has 0 radical (unpaired) electrons. The van der Waals surface area contributed by atoms with E-state index in [9.17, 15) is 34.3 Å². The van der Waals surface area contributed by atoms with Crippen LogP contribution >= 0.6 is 11.3 Å². The van der Waals surface area contributed by atoms with Crippen molar-refractivity contribution in [2.45, 2.75) is 149 Å². The van der Waals surface area contributed by atoms with E-state index in [1.807, 2.05) is 69.6 Å². The lowest BCUT2D eigenvalue weighted by atomic mass is 9.70. The molecular formula is C56H68N8O6S. The molecule has 1 unspecified atom stereocenters. The number of carbonyl (C=O) groups excluding carboxylic acids is 5. The summed E-state index contributed by atoms with van der Waals surface area (Å²) in [6.07, 6.45) is 5.15. The van der Waals surface area contributed by atoms with Crippen molar-refractivity contribution < 1.29 is 29.1 Å². The Morgan fingerprint density at radius 2 is 1.69 bits per heavy atom. The number of amides is 4. The maximum Gasteiger partial charge on any atom is 0.246 e. The van der Waals surface area contributed by atoms with E-state index in [0.717, 1.165) is 106 Å². The van der Waals surface area contributed by atoms with Crippen LogP contribution in [-0.2, 0) is 37.6 Å². The molecule has 4 heterocycles. The molecule has 4 amide bonds. The second-order valence-electron chi connectivity index (χ2n) is 21.3. The molecule has 1 aliphatic carbocycles. The fourth-order valence-electron chi connectivity index (χ4n) is 10.7. The molecule has 8 rings (SSSR count). The summed E-state index contributed by atoms with van der Waals surface area (Å²) in [6, 6.07) is 18.2. The number of H-pyrrole nitrogens is 1. The molecule has 3 atom stereocenters. The third kappa shape index (κ3) is 10.9. The van der Waals surface area contributed by atoms with Crippen molar-refractivity contribution in [2.24, 2.45) is 5.41 Å². The molecule has 2 aliphatic heterocycles. The fraction of sp³-hybridized carbons (Fsp3) is 0.482. The number of fused-ring (bicyclic) bond motifs is 4. The Hall–Kier alpha value is -6.37. The second-order valence-corrected chi connectivity index (χ2v) is 22.1. The van der Waals surface area contributed by atoms with Crippen LogP contribution in [0, 0.1) is 23.7 Å². The van der Waals surface area contributed by atoms with Crippen molar-refractivity contribution in [2.75, 3.05) is 24.5 Å². The van der Waals surface area contributed by atoms with Gasteiger partial charge >= 0.3 is 0 Å². The minimum atomic E-state index is -0.894. The number of ketones is 1. The van der Waals surface area contributed by atoms with Gasteiger partial charge in [0.25, 0.3) is 0 Å². The van der Waals surface area contributed by atoms with Crippen molar-refractivity contribution in [1.29, 1.82) is 5.26 Å². The first-order chi connectivity index (χ1) is 33.9. The normalized spacial score (nSPS) is 18.2. The first kappa shape index (κ1) is 51.0. The van der Waals surface area contributed by atoms with Gasteiger partial charge < -0.3 is 35.8 Å². The molecule has 15 heteroatoms. The van der Waals surface area contributed by atoms with Crippen LogP contribution in [0.3, 0.4) is 0 Å². The molecule has 71 heavy (non-hydrogen) atoms. The van der Waals surface area contributed by atoms with Crippen LogP contribution in [0.25, 0.3) is 21.3 Å². The van der Waals surface area contributed by atoms with Crippen LogP contribution in [0.15, 0.2) is 60.1 Å². The molecule has 2 fully saturated rings. The van der Waals surface area contributed by atoms with Gasteiger partial charge in [-0.1, -0.05) is 84.7 Å². The zero-order valence-electron chi connectivity index (χ0n) is 42.2. The quantitative estimate of drug-likeness (QED) is 0.0606. The molecule has 3 aromatic carbocycles. The van der Waals surface area contributed by atoms with Crippen LogP contribution in [0.1, 0.15) is 149 Å². The van der Waals surface area contributed by atoms with Crippen LogP contribution in [0.2, 0.25) is 0 Å². The zero-order valence-corrected chi connectivity index (χ0v) is 43.0. The largest absolute Gasteiger partial charge is 0.391 e. The SMILES string of the molecule is CCc1cc2c(cc1N1CCC(NC(=O)CCCCCCC(=O)NC(C(=O)N3C[C@H](O)C[C@H]3C(=O)NCc3ccc(-c4scnc4C)cc3)C(C)(C)C)CC1)C(C)(C)c1[nH]c3cc(C#N)ccc3c1C2=O. The number of hydrogen-bond acceptors (Lipinski definition) is 10. The maximum absolute atomic E-state index is 14.1. The van der Waals surface area contributed by atoms with Crippen molar-refractivity contribution in [3.8, 4) is 16.5 Å². The van der Waals surface area contributed by atoms with E-state index in [1.54, 1.807) is 17.4 Å². The first-order valence-corrected chi connectivity index (χ1v) is 26.1. The molecule has 5 aromatic rings. The molecule has 2 aromatic heterocycles. The average Bonchev–Trinajstić information content (AvgIpc) is 4.09. The van der Waals surface area contributed by atoms with Gasteiger partial charge in [-0.25, -0.2) is 4.98 Å². The number of piperidine rings is 1. The van der Waals surface area contributed by atoms with Crippen LogP contribution in [-0.4, -0.2) is 93.3 Å². The highest BCUT2D eigenvalue weighted by atomic mass is 32.1. The lowest BCUT2D eigenvalue weighted by Crippen LogP contribution is -2.57. The summed E-state index contributed by atoms with van der Waals surface area (Å²) in [5.41, 5.74) is 10.5. The monoisotopic (exact) mass is 980 g/mol. The number of likely N-dealkylation sites (tertiary alicyclic amines) is 1. The number of aromatic amines is 1. The van der Waals surface area contributed by atoms with Gasteiger partial charge in [0.15, 0.2) is 5.78 Å². The number of anilines is 1. The number of aliphatic hydroxyl groups is 1. The van der Waals surface area contributed by atoms with Gasteiger partial charge in [0.1, 0.15) is 12.1 Å². The van der Waals surface area contributed by atoms with Crippen molar-refractivity contribution in [3.63, 3.8) is 0 Å². The van der Waals surface area contributed by atoms with Gasteiger partial charge in [-0.2, -0.15) is 5.26 Å². The summed E-state index contributed by atoms with van der Waals surface area (Å²) in [5.74, 6) is -0.957. The van der Waals surface area contributed by atoms with E-state index in [1.165, 1.54) is 4.90 Å². The molecule has 14 nitrogen and oxygen atoms in total. The van der Waals surface area contributed by atoms with Gasteiger partial charge in [-0.3, -0.25) is 24.0 Å². The Bertz CT molecular complexity index is 2860. The van der Waals surface area contributed by atoms with E-state index < -0.39 is 34.9 Å². The van der Waals surface area contributed by atoms with Gasteiger partial charge in [0, 0.05) is 84.7 Å². The number of thiazole rings is 1. The number of nitrogens with zero attached hydrogens (tertiary/aromatic N) is 4. The molecule has 5 N–H and O–H groups in total. The topological polar surface area (TPSA) is 201 Å². The highest BCUT2D eigenvalue weighted by Gasteiger charge is 2.45. The summed E-state index contributed by atoms with van der Waals surface area (Å²) in [6.45, 7) is 15.8. The standard InChI is InChI=1S/C56H68N8O6S/c1-8-36-26-41-42(56(6,7)51-48(49(41)68)40-20-17-35(29-57)25-43(40)61-51)28-44(36)63-23-21-38(22-24-63)60-46(66)13-11-9-10-12-14-47(67)62-52(55(3,4)5)54(70)64-31-39(65)27-45(64)53(69)58-30-34-15-18-37(19-16-34)50-33(2)59-32-71-50/h15-20,25-26,28,32,38-39,45,52,61,65H,8-14,21-24,27,30-31H2,1-7H3,(H,58,69)(H,60,66)(H,62,67)/t39-,45+,52?/m1/s1. The van der Waals surface area contributed by atoms with E-state index in [4.69, 9.17) is 0 Å². The van der Waals surface area contributed by atoms with E-state index in [0.29, 0.717) is 30.4 Å². The van der Waals surface area contributed by atoms with Gasteiger partial charge in [0.05, 0.1) is 39.4 Å². The smallest absolute Gasteiger partial charge is 0.246 e. The number of unbranched alkanes of at least 4 members (excludes halogenated alkanes) is 3. The summed E-state index contributed by atoms with van der Waals surface area (Å²) < 4.78 is 0. The van der Waals surface area contributed by atoms with Crippen LogP contribution in [0.4, 0.5) is 5.69 Å². The first-order valence-electron chi connectivity index (χ1n) is 25.3. The summed E-state index contributed by atoms with van der Waals surface area (Å²) in [5, 5.41) is 30.1. The fourth-order valence-corrected chi connectivity index (χ4v) is 11.5. The molecule has 0 spiro atoms. The lowest BCUT2D eigenvalue weighted by molar-refractivity contribution is -0.144. The Morgan fingerprint density at radius 3 is 2.34 bits per heavy atom. The third-order valence-electron chi connectivity index (χ3n) is 14.8. The predicted octanol–water partition coefficient (Wildman–Crippen LogP) is 8.14. The summed E-state index contributed by atoms with van der Waals surface area (Å²) in [7, 11) is 0. The maximum atomic E-state index is 14.1. The number of nitrogens with one attached hydrogen (secondary N) is 4. The third-order valence-corrected chi connectivity index (χ3v) is 15.7. The second kappa shape index (κ2) is 21.2. The molecule has 374 valence electrons. The minimum absolute atomic E-state index is 0.00695. The summed E-state index contributed by atoms with van der Waals surface area (Å²) in [4.78, 5) is 80.8. The van der Waals surface area contributed by atoms with Crippen LogP contribution < -0.4 is 20.9 Å². The van der Waals surface area contributed by atoms with E-state index >= 15 is 0 Å². The number of carbonyl (C=O) groups is 5. The van der Waals surface area contributed by atoms with Gasteiger partial charge in [-0.05, 0) is 91.0 Å². The summed E-state index contributed by atoms with van der Waals surface area (Å²) >= 11 is 1.58. The number of hydrogen-bond donors (Lipinski definition) is 5. The number of β-amino-alcohol motifs (C(OH)–C–C–N with tert-alkyl or cyclic N) is 1. The number of aryl methyl sites for hydroxylation is 2. The van der Waals surface area contributed by atoms with Gasteiger partial charge in [-0.15, -0.1) is 11.3 Å². The molecule has 2 saturated heterocycles. The van der Waals surface area contributed by atoms with Crippen LogP contribution in [0.5, 0.6) is 0 Å². The number of nitriles is 1. The van der Waals surface area contributed by atoms with Crippen molar-refractivity contribution in [1.82, 2.24) is 30.8 Å². The van der Waals surface area contributed by atoms with Gasteiger partial charge in [0.2, 0.25) is 23.6 Å². The number of aliphatic hydroxyl groups excluding tert-OH is 1. The molecule has 0 saturated carbocycles. The molecular weight excluding hydrogens is 913 g/mol. The number of rotatable bonds is 16. The highest BCUT2D eigenvalue weighted by molar-refractivity contribution is 7.13. The van der Waals surface area contributed by atoms with Crippen molar-refractivity contribution >= 4 is 57.3 Å². The lowest BCUT2D eigenvalue weighted by Gasteiger charge is -2.38. The Labute approximate surface area is 421 Å². The van der Waals surface area contributed by atoms with E-state index in [2.05, 4.69) is 69.8 Å². The number of aromatic nitrogens is 2.